The third-order valence-corrected chi connectivity index (χ3v) is 7.64. The fraction of sp³-hybridized carbons (Fsp3) is 0.273. The largest absolute Gasteiger partial charge is 0.497 e. The highest BCUT2D eigenvalue weighted by atomic mass is 19.1. The Morgan fingerprint density at radius 2 is 1.51 bits per heavy atom. The molecular formula is C33H35FN4O3. The van der Waals surface area contributed by atoms with E-state index in [0.29, 0.717) is 60.5 Å². The van der Waals surface area contributed by atoms with Crippen LogP contribution in [0.4, 0.5) is 14.9 Å². The SMILES string of the molecule is COc1ccc(-c2cc(C(=O)N3CCN(C(=O)Nc4ccc(C(C)C)cc4)CC3)c(C)n2-c2ccccc2F)cc1. The van der Waals surface area contributed by atoms with Crippen LogP contribution in [-0.2, 0) is 0 Å². The van der Waals surface area contributed by atoms with Crippen molar-refractivity contribution in [3.63, 3.8) is 0 Å². The average molecular weight is 555 g/mol. The Morgan fingerprint density at radius 3 is 2.12 bits per heavy atom. The van der Waals surface area contributed by atoms with Gasteiger partial charge in [-0.2, -0.15) is 0 Å². The van der Waals surface area contributed by atoms with Crippen molar-refractivity contribution in [2.75, 3.05) is 38.6 Å². The van der Waals surface area contributed by atoms with Crippen LogP contribution in [0.15, 0.2) is 78.9 Å². The number of rotatable bonds is 6. The number of carbonyl (C=O) groups is 2. The summed E-state index contributed by atoms with van der Waals surface area (Å²) in [5.74, 6) is 0.611. The smallest absolute Gasteiger partial charge is 0.321 e. The van der Waals surface area contributed by atoms with Gasteiger partial charge in [0, 0.05) is 37.6 Å². The molecule has 5 rings (SSSR count). The second kappa shape index (κ2) is 11.9. The molecule has 41 heavy (non-hydrogen) atoms. The Balaban J connectivity index is 1.34. The molecule has 0 spiro atoms. The summed E-state index contributed by atoms with van der Waals surface area (Å²) in [6.07, 6.45) is 0. The third kappa shape index (κ3) is 5.82. The molecule has 7 nitrogen and oxygen atoms in total. The van der Waals surface area contributed by atoms with Crippen LogP contribution < -0.4 is 10.1 Å². The Hall–Kier alpha value is -4.59. The number of nitrogens with zero attached hydrogens (tertiary/aromatic N) is 3. The van der Waals surface area contributed by atoms with Gasteiger partial charge in [0.15, 0.2) is 0 Å². The van der Waals surface area contributed by atoms with Crippen LogP contribution in [0.2, 0.25) is 0 Å². The summed E-state index contributed by atoms with van der Waals surface area (Å²) >= 11 is 0. The molecule has 1 N–H and O–H groups in total. The number of methoxy groups -OCH3 is 1. The summed E-state index contributed by atoms with van der Waals surface area (Å²) in [6.45, 7) is 7.73. The Kier molecular flexibility index (Phi) is 8.10. The monoisotopic (exact) mass is 554 g/mol. The van der Waals surface area contributed by atoms with Gasteiger partial charge in [0.25, 0.3) is 5.91 Å². The quantitative estimate of drug-likeness (QED) is 0.288. The van der Waals surface area contributed by atoms with Gasteiger partial charge in [-0.3, -0.25) is 4.79 Å². The highest BCUT2D eigenvalue weighted by Gasteiger charge is 2.28. The standard InChI is InChI=1S/C33H35FN4O3/c1-22(2)24-9-13-26(14-10-24)35-33(40)37-19-17-36(18-20-37)32(39)28-21-31(25-11-15-27(41-4)16-12-25)38(23(28)3)30-8-6-5-7-29(30)34/h5-16,21-22H,17-20H2,1-4H3,(H,35,40). The lowest BCUT2D eigenvalue weighted by atomic mass is 10.0. The van der Waals surface area contributed by atoms with Crippen molar-refractivity contribution in [1.82, 2.24) is 14.4 Å². The summed E-state index contributed by atoms with van der Waals surface area (Å²) in [4.78, 5) is 30.1. The Morgan fingerprint density at radius 1 is 0.878 bits per heavy atom. The molecule has 0 aliphatic carbocycles. The predicted molar refractivity (Wildman–Crippen MR) is 159 cm³/mol. The maximum Gasteiger partial charge on any atom is 0.321 e. The highest BCUT2D eigenvalue weighted by molar-refractivity contribution is 5.98. The van der Waals surface area contributed by atoms with Gasteiger partial charge >= 0.3 is 6.03 Å². The molecule has 4 aromatic rings. The van der Waals surface area contributed by atoms with Crippen molar-refractivity contribution in [3.05, 3.63) is 102 Å². The van der Waals surface area contributed by atoms with Gasteiger partial charge in [-0.15, -0.1) is 0 Å². The van der Waals surface area contributed by atoms with Crippen LogP contribution in [0, 0.1) is 12.7 Å². The minimum absolute atomic E-state index is 0.142. The fourth-order valence-corrected chi connectivity index (χ4v) is 5.18. The summed E-state index contributed by atoms with van der Waals surface area (Å²) in [6, 6.07) is 23.5. The molecule has 1 aliphatic rings. The molecule has 1 fully saturated rings. The van der Waals surface area contributed by atoms with Gasteiger partial charge in [0.2, 0.25) is 0 Å². The first kappa shape index (κ1) is 28.0. The third-order valence-electron chi connectivity index (χ3n) is 7.64. The summed E-state index contributed by atoms with van der Waals surface area (Å²) in [7, 11) is 1.60. The van der Waals surface area contributed by atoms with Crippen molar-refractivity contribution < 1.29 is 18.7 Å². The number of benzene rings is 3. The van der Waals surface area contributed by atoms with E-state index in [9.17, 15) is 14.0 Å². The van der Waals surface area contributed by atoms with E-state index in [0.717, 1.165) is 11.3 Å². The number of ether oxygens (including phenoxy) is 1. The fourth-order valence-electron chi connectivity index (χ4n) is 5.18. The van der Waals surface area contributed by atoms with Crippen LogP contribution >= 0.6 is 0 Å². The van der Waals surface area contributed by atoms with Gasteiger partial charge in [-0.05, 0) is 78.6 Å². The molecule has 0 unspecified atom stereocenters. The number of anilines is 1. The molecule has 212 valence electrons. The first-order valence-corrected chi connectivity index (χ1v) is 13.8. The zero-order valence-electron chi connectivity index (χ0n) is 23.9. The van der Waals surface area contributed by atoms with Gasteiger partial charge in [0.05, 0.1) is 24.1 Å². The number of nitrogens with one attached hydrogen (secondary N) is 1. The van der Waals surface area contributed by atoms with E-state index in [1.54, 1.807) is 39.7 Å². The number of hydrogen-bond donors (Lipinski definition) is 1. The van der Waals surface area contributed by atoms with Crippen LogP contribution in [0.25, 0.3) is 16.9 Å². The van der Waals surface area contributed by atoms with Crippen molar-refractivity contribution in [3.8, 4) is 22.7 Å². The van der Waals surface area contributed by atoms with E-state index in [2.05, 4.69) is 19.2 Å². The molecule has 0 saturated carbocycles. The Bertz CT molecular complexity index is 1540. The number of hydrogen-bond acceptors (Lipinski definition) is 3. The van der Waals surface area contributed by atoms with Gasteiger partial charge in [-0.1, -0.05) is 38.1 Å². The van der Waals surface area contributed by atoms with E-state index in [1.165, 1.54) is 11.6 Å². The molecule has 3 aromatic carbocycles. The summed E-state index contributed by atoms with van der Waals surface area (Å²) < 4.78 is 22.1. The molecule has 3 amide bonds. The number of carbonyl (C=O) groups excluding carboxylic acids is 2. The van der Waals surface area contributed by atoms with E-state index in [1.807, 2.05) is 61.5 Å². The molecule has 8 heteroatoms. The predicted octanol–water partition coefficient (Wildman–Crippen LogP) is 6.71. The van der Waals surface area contributed by atoms with Crippen LogP contribution in [-0.4, -0.2) is 59.6 Å². The van der Waals surface area contributed by atoms with Crippen LogP contribution in [0.5, 0.6) is 5.75 Å². The topological polar surface area (TPSA) is 66.8 Å². The van der Waals surface area contributed by atoms with E-state index < -0.39 is 0 Å². The van der Waals surface area contributed by atoms with E-state index in [4.69, 9.17) is 4.74 Å². The van der Waals surface area contributed by atoms with Crippen molar-refractivity contribution in [2.45, 2.75) is 26.7 Å². The zero-order valence-corrected chi connectivity index (χ0v) is 23.9. The molecule has 1 aromatic heterocycles. The summed E-state index contributed by atoms with van der Waals surface area (Å²) in [5.41, 5.74) is 5.02. The number of piperazine rings is 1. The zero-order chi connectivity index (χ0) is 29.1. The number of halogens is 1. The molecule has 2 heterocycles. The minimum Gasteiger partial charge on any atom is -0.497 e. The summed E-state index contributed by atoms with van der Waals surface area (Å²) in [5, 5.41) is 2.96. The minimum atomic E-state index is -0.376. The lowest BCUT2D eigenvalue weighted by Gasteiger charge is -2.34. The van der Waals surface area contributed by atoms with E-state index >= 15 is 0 Å². The maximum absolute atomic E-state index is 15.0. The van der Waals surface area contributed by atoms with Crippen molar-refractivity contribution in [2.24, 2.45) is 0 Å². The molecule has 1 aliphatic heterocycles. The van der Waals surface area contributed by atoms with Crippen LogP contribution in [0.3, 0.4) is 0 Å². The van der Waals surface area contributed by atoms with Crippen LogP contribution in [0.1, 0.15) is 41.4 Å². The lowest BCUT2D eigenvalue weighted by molar-refractivity contribution is 0.0671. The van der Waals surface area contributed by atoms with Crippen molar-refractivity contribution >= 4 is 17.6 Å². The maximum atomic E-state index is 15.0. The first-order valence-electron chi connectivity index (χ1n) is 13.8. The molecule has 1 saturated heterocycles. The van der Waals surface area contributed by atoms with E-state index in [-0.39, 0.29) is 17.8 Å². The number of aromatic nitrogens is 1. The highest BCUT2D eigenvalue weighted by Crippen LogP contribution is 2.32. The molecular weight excluding hydrogens is 519 g/mol. The van der Waals surface area contributed by atoms with Gasteiger partial charge in [0.1, 0.15) is 11.6 Å². The molecule has 0 atom stereocenters. The number of amides is 3. The molecule has 0 bridgehead atoms. The number of para-hydroxylation sites is 1. The second-order valence-electron chi connectivity index (χ2n) is 10.5. The van der Waals surface area contributed by atoms with Gasteiger partial charge < -0.3 is 24.4 Å². The Labute approximate surface area is 240 Å². The van der Waals surface area contributed by atoms with Gasteiger partial charge in [-0.25, -0.2) is 9.18 Å². The lowest BCUT2D eigenvalue weighted by Crippen LogP contribution is -2.51. The number of urea groups is 1. The second-order valence-corrected chi connectivity index (χ2v) is 10.5. The van der Waals surface area contributed by atoms with Crippen molar-refractivity contribution in [1.29, 1.82) is 0 Å². The normalized spacial score (nSPS) is 13.4. The average Bonchev–Trinajstić information content (AvgIpc) is 3.34. The molecule has 0 radical (unpaired) electrons. The first-order chi connectivity index (χ1) is 19.8.